The first-order valence-corrected chi connectivity index (χ1v) is 11.0. The number of alkyl halides is 3. The highest BCUT2D eigenvalue weighted by atomic mass is 19.4. The molecule has 0 aliphatic rings. The van der Waals surface area contributed by atoms with Gasteiger partial charge in [0.05, 0.1) is 18.7 Å². The Morgan fingerprint density at radius 1 is 0.857 bits per heavy atom. The lowest BCUT2D eigenvalue weighted by Gasteiger charge is -2.12. The van der Waals surface area contributed by atoms with E-state index in [1.54, 1.807) is 18.2 Å². The van der Waals surface area contributed by atoms with Crippen LogP contribution in [0, 0.1) is 5.92 Å². The van der Waals surface area contributed by atoms with Crippen LogP contribution in [0.15, 0.2) is 72.8 Å². The maximum absolute atomic E-state index is 12.9. The Morgan fingerprint density at radius 2 is 1.51 bits per heavy atom. The summed E-state index contributed by atoms with van der Waals surface area (Å²) >= 11 is 0. The van der Waals surface area contributed by atoms with Crippen molar-refractivity contribution in [1.29, 1.82) is 0 Å². The number of benzene rings is 3. The SMILES string of the molecule is CC(C)COc1cccc(NCC(=O)Nc2cccc(C(=O)Nc3cccc(C(F)(F)F)c3)c2)c1. The summed E-state index contributed by atoms with van der Waals surface area (Å²) in [5, 5.41) is 8.16. The summed E-state index contributed by atoms with van der Waals surface area (Å²) in [5.74, 6) is 0.148. The van der Waals surface area contributed by atoms with E-state index in [2.05, 4.69) is 29.8 Å². The summed E-state index contributed by atoms with van der Waals surface area (Å²) < 4.78 is 44.4. The third kappa shape index (κ3) is 8.06. The second kappa shape index (κ2) is 11.4. The van der Waals surface area contributed by atoms with Gasteiger partial charge in [-0.2, -0.15) is 13.2 Å². The van der Waals surface area contributed by atoms with Gasteiger partial charge in [-0.05, 0) is 54.4 Å². The number of nitrogens with one attached hydrogen (secondary N) is 3. The van der Waals surface area contributed by atoms with Crippen LogP contribution in [-0.2, 0) is 11.0 Å². The van der Waals surface area contributed by atoms with Crippen LogP contribution in [-0.4, -0.2) is 25.0 Å². The second-order valence-electron chi connectivity index (χ2n) is 8.25. The largest absolute Gasteiger partial charge is 0.493 e. The molecular formula is C26H26F3N3O3. The number of halogens is 3. The first kappa shape index (κ1) is 25.6. The highest BCUT2D eigenvalue weighted by Gasteiger charge is 2.30. The zero-order valence-corrected chi connectivity index (χ0v) is 19.3. The first-order valence-electron chi connectivity index (χ1n) is 11.0. The molecule has 3 aromatic carbocycles. The number of amides is 2. The third-order valence-electron chi connectivity index (χ3n) is 4.73. The van der Waals surface area contributed by atoms with Crippen molar-refractivity contribution in [3.05, 3.63) is 83.9 Å². The average Bonchev–Trinajstić information content (AvgIpc) is 2.81. The molecule has 0 atom stereocenters. The Kier molecular flexibility index (Phi) is 8.35. The number of anilines is 3. The molecule has 0 fully saturated rings. The van der Waals surface area contributed by atoms with Crippen molar-refractivity contribution in [3.63, 3.8) is 0 Å². The molecule has 3 rings (SSSR count). The van der Waals surface area contributed by atoms with Crippen LogP contribution < -0.4 is 20.7 Å². The van der Waals surface area contributed by atoms with Gasteiger partial charge in [-0.1, -0.05) is 32.0 Å². The number of carbonyl (C=O) groups excluding carboxylic acids is 2. The monoisotopic (exact) mass is 485 g/mol. The first-order chi connectivity index (χ1) is 16.6. The predicted molar refractivity (Wildman–Crippen MR) is 130 cm³/mol. The van der Waals surface area contributed by atoms with Crippen LogP contribution in [0.4, 0.5) is 30.2 Å². The van der Waals surface area contributed by atoms with Gasteiger partial charge < -0.3 is 20.7 Å². The van der Waals surface area contributed by atoms with E-state index in [4.69, 9.17) is 4.74 Å². The maximum Gasteiger partial charge on any atom is 0.416 e. The predicted octanol–water partition coefficient (Wildman–Crippen LogP) is 6.04. The van der Waals surface area contributed by atoms with Crippen LogP contribution >= 0.6 is 0 Å². The highest BCUT2D eigenvalue weighted by molar-refractivity contribution is 6.05. The van der Waals surface area contributed by atoms with Crippen molar-refractivity contribution < 1.29 is 27.5 Å². The normalized spacial score (nSPS) is 11.1. The lowest BCUT2D eigenvalue weighted by molar-refractivity contribution is -0.137. The third-order valence-corrected chi connectivity index (χ3v) is 4.73. The van der Waals surface area contributed by atoms with Crippen LogP contribution in [0.3, 0.4) is 0 Å². The molecule has 184 valence electrons. The minimum atomic E-state index is -4.51. The number of rotatable bonds is 9. The summed E-state index contributed by atoms with van der Waals surface area (Å²) in [7, 11) is 0. The van der Waals surface area contributed by atoms with Crippen LogP contribution in [0.2, 0.25) is 0 Å². The summed E-state index contributed by atoms with van der Waals surface area (Å²) in [5.41, 5.74) is 0.435. The van der Waals surface area contributed by atoms with Crippen molar-refractivity contribution in [3.8, 4) is 5.75 Å². The summed E-state index contributed by atoms with van der Waals surface area (Å²) in [6.07, 6.45) is -4.51. The summed E-state index contributed by atoms with van der Waals surface area (Å²) in [6.45, 7) is 4.67. The average molecular weight is 486 g/mol. The molecule has 0 aromatic heterocycles. The zero-order chi connectivity index (χ0) is 25.4. The van der Waals surface area contributed by atoms with Gasteiger partial charge in [0.1, 0.15) is 5.75 Å². The molecule has 2 amide bonds. The van der Waals surface area contributed by atoms with Gasteiger partial charge in [-0.15, -0.1) is 0 Å². The lowest BCUT2D eigenvalue weighted by atomic mass is 10.1. The number of hydrogen-bond acceptors (Lipinski definition) is 4. The van der Waals surface area contributed by atoms with Crippen molar-refractivity contribution in [2.75, 3.05) is 29.1 Å². The Hall–Kier alpha value is -4.01. The molecule has 0 aliphatic carbocycles. The van der Waals surface area contributed by atoms with Crippen LogP contribution in [0.5, 0.6) is 5.75 Å². The number of ether oxygens (including phenoxy) is 1. The second-order valence-corrected chi connectivity index (χ2v) is 8.25. The topological polar surface area (TPSA) is 79.5 Å². The molecule has 0 bridgehead atoms. The van der Waals surface area contributed by atoms with E-state index in [1.165, 1.54) is 24.3 Å². The fourth-order valence-electron chi connectivity index (χ4n) is 3.06. The van der Waals surface area contributed by atoms with Gasteiger partial charge in [0.15, 0.2) is 0 Å². The molecule has 0 saturated heterocycles. The fourth-order valence-corrected chi connectivity index (χ4v) is 3.06. The van der Waals surface area contributed by atoms with Gasteiger partial charge in [-0.3, -0.25) is 9.59 Å². The molecule has 9 heteroatoms. The molecule has 0 spiro atoms. The van der Waals surface area contributed by atoms with E-state index < -0.39 is 17.6 Å². The fraction of sp³-hybridized carbons (Fsp3) is 0.231. The minimum Gasteiger partial charge on any atom is -0.493 e. The maximum atomic E-state index is 12.9. The highest BCUT2D eigenvalue weighted by Crippen LogP contribution is 2.30. The van der Waals surface area contributed by atoms with Gasteiger partial charge in [0.2, 0.25) is 5.91 Å². The Morgan fingerprint density at radius 3 is 2.23 bits per heavy atom. The quantitative estimate of drug-likeness (QED) is 0.345. The standard InChI is InChI=1S/C26H26F3N3O3/c1-17(2)16-35-23-11-5-8-20(14-23)30-15-24(33)31-21-9-3-6-18(12-21)25(34)32-22-10-4-7-19(13-22)26(27,28)29/h3-14,17,30H,15-16H2,1-2H3,(H,31,33)(H,32,34). The Labute approximate surface area is 201 Å². The summed E-state index contributed by atoms with van der Waals surface area (Å²) in [6, 6.07) is 17.8. The van der Waals surface area contributed by atoms with Gasteiger partial charge in [-0.25, -0.2) is 0 Å². The van der Waals surface area contributed by atoms with Gasteiger partial charge >= 0.3 is 6.18 Å². The van der Waals surface area contributed by atoms with Crippen molar-refractivity contribution in [1.82, 2.24) is 0 Å². The van der Waals surface area contributed by atoms with Crippen molar-refractivity contribution in [2.45, 2.75) is 20.0 Å². The van der Waals surface area contributed by atoms with E-state index in [0.29, 0.717) is 24.0 Å². The molecule has 0 aliphatic heterocycles. The van der Waals surface area contributed by atoms with E-state index in [-0.39, 0.29) is 23.7 Å². The Balaban J connectivity index is 1.57. The Bertz CT molecular complexity index is 1180. The van der Waals surface area contributed by atoms with E-state index in [9.17, 15) is 22.8 Å². The molecule has 35 heavy (non-hydrogen) atoms. The molecule has 0 saturated carbocycles. The van der Waals surface area contributed by atoms with Gasteiger partial charge in [0.25, 0.3) is 5.91 Å². The number of hydrogen-bond donors (Lipinski definition) is 3. The molecule has 3 N–H and O–H groups in total. The van der Waals surface area contributed by atoms with Crippen molar-refractivity contribution in [2.24, 2.45) is 5.92 Å². The van der Waals surface area contributed by atoms with Crippen LogP contribution in [0.25, 0.3) is 0 Å². The molecule has 0 heterocycles. The molecule has 3 aromatic rings. The van der Waals surface area contributed by atoms with Crippen molar-refractivity contribution >= 4 is 28.9 Å². The summed E-state index contributed by atoms with van der Waals surface area (Å²) in [4.78, 5) is 24.9. The smallest absolute Gasteiger partial charge is 0.416 e. The van der Waals surface area contributed by atoms with E-state index >= 15 is 0 Å². The molecular weight excluding hydrogens is 459 g/mol. The van der Waals surface area contributed by atoms with E-state index in [1.807, 2.05) is 18.2 Å². The molecule has 0 radical (unpaired) electrons. The minimum absolute atomic E-state index is 0.0167. The van der Waals surface area contributed by atoms with Crippen LogP contribution in [0.1, 0.15) is 29.8 Å². The van der Waals surface area contributed by atoms with Gasteiger partial charge in [0, 0.05) is 28.7 Å². The van der Waals surface area contributed by atoms with E-state index in [0.717, 1.165) is 17.8 Å². The number of carbonyl (C=O) groups is 2. The zero-order valence-electron chi connectivity index (χ0n) is 19.3. The molecule has 6 nitrogen and oxygen atoms in total. The molecule has 0 unspecified atom stereocenters. The lowest BCUT2D eigenvalue weighted by Crippen LogP contribution is -2.22.